The molecule has 0 aliphatic carbocycles. The lowest BCUT2D eigenvalue weighted by Gasteiger charge is -2.05. The van der Waals surface area contributed by atoms with Gasteiger partial charge in [-0.1, -0.05) is 12.2 Å². The average Bonchev–Trinajstić information content (AvgIpc) is 2.24. The van der Waals surface area contributed by atoms with Gasteiger partial charge in [0.2, 0.25) is 10.0 Å². The molecule has 17 heavy (non-hydrogen) atoms. The second kappa shape index (κ2) is 6.09. The smallest absolute Gasteiger partial charge is 0.207 e. The highest BCUT2D eigenvalue weighted by Gasteiger charge is 2.18. The van der Waals surface area contributed by atoms with Crippen molar-refractivity contribution in [2.45, 2.75) is 4.90 Å². The number of allylic oxidation sites excluding steroid dienone is 1. The van der Waals surface area contributed by atoms with Crippen molar-refractivity contribution >= 4 is 21.6 Å². The van der Waals surface area contributed by atoms with Crippen LogP contribution in [0.1, 0.15) is 0 Å². The van der Waals surface area contributed by atoms with Gasteiger partial charge in [0, 0.05) is 18.5 Å². The van der Waals surface area contributed by atoms with Crippen LogP contribution >= 0.6 is 11.6 Å². The molecule has 0 aliphatic heterocycles. The summed E-state index contributed by atoms with van der Waals surface area (Å²) in [5.74, 6) is -1.70. The fourth-order valence-corrected chi connectivity index (χ4v) is 2.24. The topological polar surface area (TPSA) is 46.2 Å². The molecule has 7 heteroatoms. The molecule has 0 fully saturated rings. The van der Waals surface area contributed by atoms with Gasteiger partial charge in [-0.15, -0.1) is 11.6 Å². The molecular formula is C10H10ClF2NO2S. The molecule has 0 aromatic heterocycles. The maximum atomic E-state index is 13.2. The van der Waals surface area contributed by atoms with Crippen LogP contribution in [0.2, 0.25) is 0 Å². The van der Waals surface area contributed by atoms with Crippen molar-refractivity contribution in [1.82, 2.24) is 4.72 Å². The Hall–Kier alpha value is -0.980. The molecule has 0 bridgehead atoms. The summed E-state index contributed by atoms with van der Waals surface area (Å²) in [6.45, 7) is -0.00807. The van der Waals surface area contributed by atoms with Gasteiger partial charge in [0.15, 0.2) is 0 Å². The van der Waals surface area contributed by atoms with Gasteiger partial charge in [0.05, 0.1) is 0 Å². The van der Waals surface area contributed by atoms with E-state index in [1.165, 1.54) is 6.08 Å². The third-order valence-corrected chi connectivity index (χ3v) is 3.47. The molecule has 0 heterocycles. The molecule has 0 atom stereocenters. The van der Waals surface area contributed by atoms with Gasteiger partial charge in [-0.05, 0) is 12.1 Å². The van der Waals surface area contributed by atoms with Crippen LogP contribution in [0.5, 0.6) is 0 Å². The highest BCUT2D eigenvalue weighted by atomic mass is 35.5. The first-order chi connectivity index (χ1) is 7.97. The molecule has 0 saturated heterocycles. The molecule has 0 amide bonds. The first kappa shape index (κ1) is 14.1. The van der Waals surface area contributed by atoms with E-state index < -0.39 is 26.6 Å². The maximum absolute atomic E-state index is 13.2. The Morgan fingerprint density at radius 3 is 2.59 bits per heavy atom. The van der Waals surface area contributed by atoms with Crippen molar-refractivity contribution in [1.29, 1.82) is 0 Å². The minimum Gasteiger partial charge on any atom is -0.207 e. The van der Waals surface area contributed by atoms with Crippen LogP contribution in [0.4, 0.5) is 8.78 Å². The minimum absolute atomic E-state index is 0.00807. The van der Waals surface area contributed by atoms with Gasteiger partial charge >= 0.3 is 0 Å². The molecule has 1 N–H and O–H groups in total. The number of benzene rings is 1. The fraction of sp³-hybridized carbons (Fsp3) is 0.200. The molecule has 0 saturated carbocycles. The van der Waals surface area contributed by atoms with Crippen LogP contribution in [-0.4, -0.2) is 20.8 Å². The summed E-state index contributed by atoms with van der Waals surface area (Å²) in [5, 5.41) is 0. The van der Waals surface area contributed by atoms with Gasteiger partial charge in [-0.3, -0.25) is 0 Å². The van der Waals surface area contributed by atoms with E-state index >= 15 is 0 Å². The van der Waals surface area contributed by atoms with Crippen molar-refractivity contribution in [3.05, 3.63) is 42.0 Å². The third kappa shape index (κ3) is 4.07. The SMILES string of the molecule is O=S(=O)(NC/C=C/CCl)c1ccc(F)cc1F. The summed E-state index contributed by atoms with van der Waals surface area (Å²) in [7, 11) is -3.97. The molecule has 0 spiro atoms. The van der Waals surface area contributed by atoms with Crippen molar-refractivity contribution in [3.8, 4) is 0 Å². The lowest BCUT2D eigenvalue weighted by Crippen LogP contribution is -2.24. The van der Waals surface area contributed by atoms with E-state index in [2.05, 4.69) is 4.72 Å². The van der Waals surface area contributed by atoms with Crippen LogP contribution in [0.3, 0.4) is 0 Å². The highest BCUT2D eigenvalue weighted by Crippen LogP contribution is 2.14. The van der Waals surface area contributed by atoms with Gasteiger partial charge in [-0.2, -0.15) is 0 Å². The van der Waals surface area contributed by atoms with Gasteiger partial charge in [0.1, 0.15) is 16.5 Å². The molecule has 1 rings (SSSR count). The Morgan fingerprint density at radius 1 is 1.29 bits per heavy atom. The van der Waals surface area contributed by atoms with Gasteiger partial charge < -0.3 is 0 Å². The van der Waals surface area contributed by atoms with Crippen LogP contribution in [0.15, 0.2) is 35.2 Å². The van der Waals surface area contributed by atoms with Crippen molar-refractivity contribution in [2.75, 3.05) is 12.4 Å². The highest BCUT2D eigenvalue weighted by molar-refractivity contribution is 7.89. The molecule has 0 unspecified atom stereocenters. The second-order valence-corrected chi connectivity index (χ2v) is 5.10. The monoisotopic (exact) mass is 281 g/mol. The zero-order valence-electron chi connectivity index (χ0n) is 8.66. The number of hydrogen-bond donors (Lipinski definition) is 1. The fourth-order valence-electron chi connectivity index (χ4n) is 1.08. The number of alkyl halides is 1. The number of hydrogen-bond acceptors (Lipinski definition) is 2. The molecular weight excluding hydrogens is 272 g/mol. The predicted molar refractivity (Wildman–Crippen MR) is 61.4 cm³/mol. The average molecular weight is 282 g/mol. The summed E-state index contributed by atoms with van der Waals surface area (Å²) < 4.78 is 51.1. The minimum atomic E-state index is -3.97. The zero-order chi connectivity index (χ0) is 12.9. The lowest BCUT2D eigenvalue weighted by atomic mass is 10.3. The molecule has 94 valence electrons. The van der Waals surface area contributed by atoms with Crippen LogP contribution in [-0.2, 0) is 10.0 Å². The van der Waals surface area contributed by atoms with Crippen LogP contribution in [0, 0.1) is 11.6 Å². The summed E-state index contributed by atoms with van der Waals surface area (Å²) in [5.41, 5.74) is 0. The summed E-state index contributed by atoms with van der Waals surface area (Å²) in [6.07, 6.45) is 3.04. The van der Waals surface area contributed by atoms with E-state index in [1.54, 1.807) is 6.08 Å². The van der Waals surface area contributed by atoms with E-state index in [4.69, 9.17) is 11.6 Å². The van der Waals surface area contributed by atoms with Crippen molar-refractivity contribution in [3.63, 3.8) is 0 Å². The largest absolute Gasteiger partial charge is 0.243 e. The van der Waals surface area contributed by atoms with Crippen molar-refractivity contribution in [2.24, 2.45) is 0 Å². The summed E-state index contributed by atoms with van der Waals surface area (Å²) in [4.78, 5) is -0.585. The number of halogens is 3. The Balaban J connectivity index is 2.86. The number of rotatable bonds is 5. The maximum Gasteiger partial charge on any atom is 0.243 e. The molecule has 1 aromatic carbocycles. The van der Waals surface area contributed by atoms with Crippen LogP contribution in [0.25, 0.3) is 0 Å². The third-order valence-electron chi connectivity index (χ3n) is 1.83. The predicted octanol–water partition coefficient (Wildman–Crippen LogP) is 2.04. The van der Waals surface area contributed by atoms with E-state index in [1.807, 2.05) is 0 Å². The summed E-state index contributed by atoms with van der Waals surface area (Å²) in [6, 6.07) is 2.27. The first-order valence-electron chi connectivity index (χ1n) is 4.63. The first-order valence-corrected chi connectivity index (χ1v) is 6.65. The van der Waals surface area contributed by atoms with Gasteiger partial charge in [0.25, 0.3) is 0 Å². The molecule has 1 aromatic rings. The van der Waals surface area contributed by atoms with E-state index in [0.29, 0.717) is 6.07 Å². The zero-order valence-corrected chi connectivity index (χ0v) is 10.2. The molecule has 0 aliphatic rings. The van der Waals surface area contributed by atoms with Crippen molar-refractivity contribution < 1.29 is 17.2 Å². The molecule has 0 radical (unpaired) electrons. The quantitative estimate of drug-likeness (QED) is 0.663. The second-order valence-electron chi connectivity index (χ2n) is 3.05. The number of nitrogens with one attached hydrogen (secondary N) is 1. The molecule has 3 nitrogen and oxygen atoms in total. The number of sulfonamides is 1. The Kier molecular flexibility index (Phi) is 5.04. The van der Waals surface area contributed by atoms with Crippen LogP contribution < -0.4 is 4.72 Å². The Bertz CT molecular complexity index is 517. The Morgan fingerprint density at radius 2 is 2.00 bits per heavy atom. The van der Waals surface area contributed by atoms with Gasteiger partial charge in [-0.25, -0.2) is 21.9 Å². The normalized spacial score (nSPS) is 12.2. The lowest BCUT2D eigenvalue weighted by molar-refractivity contribution is 0.545. The standard InChI is InChI=1S/C10H10ClF2NO2S/c11-5-1-2-6-14-17(15,16)10-4-3-8(12)7-9(10)13/h1-4,7,14H,5-6H2/b2-1+. The summed E-state index contributed by atoms with van der Waals surface area (Å²) >= 11 is 5.35. The van der Waals surface area contributed by atoms with E-state index in [0.717, 1.165) is 12.1 Å². The van der Waals surface area contributed by atoms with E-state index in [-0.39, 0.29) is 12.4 Å². The van der Waals surface area contributed by atoms with E-state index in [9.17, 15) is 17.2 Å². The Labute approximate surface area is 103 Å².